The number of aromatic amines is 1. The predicted molar refractivity (Wildman–Crippen MR) is 108 cm³/mol. The van der Waals surface area contributed by atoms with E-state index in [-0.39, 0.29) is 0 Å². The van der Waals surface area contributed by atoms with Gasteiger partial charge in [0.25, 0.3) is 0 Å². The molecule has 138 valence electrons. The topological polar surface area (TPSA) is 70.9 Å². The van der Waals surface area contributed by atoms with Gasteiger partial charge in [0.05, 0.1) is 22.2 Å². The molecular formula is C21H13Cl2N3O2. The van der Waals surface area contributed by atoms with Gasteiger partial charge in [0.1, 0.15) is 29.5 Å². The van der Waals surface area contributed by atoms with Crippen LogP contribution in [-0.4, -0.2) is 10.2 Å². The summed E-state index contributed by atoms with van der Waals surface area (Å²) in [4.78, 5) is 0. The van der Waals surface area contributed by atoms with Crippen molar-refractivity contribution in [3.8, 4) is 23.3 Å². The van der Waals surface area contributed by atoms with Crippen molar-refractivity contribution >= 4 is 34.1 Å². The predicted octanol–water partition coefficient (Wildman–Crippen LogP) is 6.11. The molecule has 1 aromatic heterocycles. The van der Waals surface area contributed by atoms with Crippen LogP contribution in [-0.2, 0) is 6.61 Å². The highest BCUT2D eigenvalue weighted by Crippen LogP contribution is 2.34. The first-order chi connectivity index (χ1) is 13.6. The maximum atomic E-state index is 9.07. The molecular weight excluding hydrogens is 397 g/mol. The second kappa shape index (κ2) is 7.81. The molecule has 0 spiro atoms. The van der Waals surface area contributed by atoms with Crippen LogP contribution < -0.4 is 9.47 Å². The number of benzene rings is 3. The van der Waals surface area contributed by atoms with E-state index in [0.717, 1.165) is 16.6 Å². The zero-order valence-electron chi connectivity index (χ0n) is 14.4. The van der Waals surface area contributed by atoms with E-state index in [0.29, 0.717) is 39.5 Å². The molecule has 0 saturated heterocycles. The highest BCUT2D eigenvalue weighted by Gasteiger charge is 2.10. The summed E-state index contributed by atoms with van der Waals surface area (Å²) in [6, 6.07) is 19.8. The first kappa shape index (κ1) is 18.2. The Balaban J connectivity index is 1.54. The van der Waals surface area contributed by atoms with Crippen molar-refractivity contribution in [3.05, 3.63) is 82.0 Å². The number of fused-ring (bicyclic) bond motifs is 1. The lowest BCUT2D eigenvalue weighted by molar-refractivity contribution is 0.301. The first-order valence-electron chi connectivity index (χ1n) is 8.35. The molecule has 4 rings (SSSR count). The summed E-state index contributed by atoms with van der Waals surface area (Å²) in [5.74, 6) is 1.40. The highest BCUT2D eigenvalue weighted by atomic mass is 35.5. The number of halogens is 2. The van der Waals surface area contributed by atoms with E-state index >= 15 is 0 Å². The van der Waals surface area contributed by atoms with E-state index in [9.17, 15) is 0 Å². The van der Waals surface area contributed by atoms with Crippen molar-refractivity contribution in [1.29, 1.82) is 5.26 Å². The standard InChI is InChI=1S/C21H13Cl2N3O2/c22-14-7-13(11-24)8-16(9-14)28-21-10-15(5-6-18(21)23)27-12-20-17-3-1-2-4-19(17)25-26-20/h1-10H,12H2,(H,25,26). The fourth-order valence-electron chi connectivity index (χ4n) is 2.75. The third-order valence-electron chi connectivity index (χ3n) is 4.06. The molecule has 5 nitrogen and oxygen atoms in total. The van der Waals surface area contributed by atoms with Gasteiger partial charge in [0.2, 0.25) is 0 Å². The van der Waals surface area contributed by atoms with Crippen LogP contribution in [0.15, 0.2) is 60.7 Å². The van der Waals surface area contributed by atoms with Crippen LogP contribution in [0.4, 0.5) is 0 Å². The van der Waals surface area contributed by atoms with Crippen LogP contribution >= 0.6 is 23.2 Å². The van der Waals surface area contributed by atoms with Gasteiger partial charge in [-0.05, 0) is 36.4 Å². The zero-order valence-corrected chi connectivity index (χ0v) is 16.0. The van der Waals surface area contributed by atoms with Crippen molar-refractivity contribution in [2.24, 2.45) is 0 Å². The third-order valence-corrected chi connectivity index (χ3v) is 4.59. The van der Waals surface area contributed by atoms with E-state index in [4.69, 9.17) is 37.9 Å². The van der Waals surface area contributed by atoms with Crippen LogP contribution in [0.2, 0.25) is 10.0 Å². The fraction of sp³-hybridized carbons (Fsp3) is 0.0476. The molecule has 0 fully saturated rings. The number of hydrogen-bond donors (Lipinski definition) is 1. The Bertz CT molecular complexity index is 1200. The van der Waals surface area contributed by atoms with Crippen LogP contribution in [0.5, 0.6) is 17.2 Å². The van der Waals surface area contributed by atoms with Gasteiger partial charge in [-0.25, -0.2) is 0 Å². The molecule has 3 aromatic carbocycles. The lowest BCUT2D eigenvalue weighted by Crippen LogP contribution is -1.97. The molecule has 0 amide bonds. The third kappa shape index (κ3) is 3.89. The van der Waals surface area contributed by atoms with Crippen LogP contribution in [0.3, 0.4) is 0 Å². The normalized spacial score (nSPS) is 10.6. The Hall–Kier alpha value is -3.20. The average Bonchev–Trinajstić information content (AvgIpc) is 3.11. The maximum absolute atomic E-state index is 9.07. The second-order valence-electron chi connectivity index (χ2n) is 5.99. The SMILES string of the molecule is N#Cc1cc(Cl)cc(Oc2cc(OCc3n[nH]c4ccccc34)ccc2Cl)c1. The number of rotatable bonds is 5. The summed E-state index contributed by atoms with van der Waals surface area (Å²) in [7, 11) is 0. The van der Waals surface area contributed by atoms with Gasteiger partial charge in [0, 0.05) is 16.5 Å². The second-order valence-corrected chi connectivity index (χ2v) is 6.83. The minimum atomic E-state index is 0.292. The number of para-hydroxylation sites is 1. The van der Waals surface area contributed by atoms with Gasteiger partial charge in [-0.15, -0.1) is 0 Å². The largest absolute Gasteiger partial charge is 0.487 e. The van der Waals surface area contributed by atoms with Crippen LogP contribution in [0.25, 0.3) is 10.9 Å². The minimum absolute atomic E-state index is 0.292. The number of aromatic nitrogens is 2. The number of nitriles is 1. The van der Waals surface area contributed by atoms with Gasteiger partial charge in [-0.3, -0.25) is 5.10 Å². The smallest absolute Gasteiger partial charge is 0.149 e. The monoisotopic (exact) mass is 409 g/mol. The molecule has 0 unspecified atom stereocenters. The fourth-order valence-corrected chi connectivity index (χ4v) is 3.13. The Kier molecular flexibility index (Phi) is 5.07. The molecule has 0 bridgehead atoms. The summed E-state index contributed by atoms with van der Waals surface area (Å²) < 4.78 is 11.7. The van der Waals surface area contributed by atoms with Crippen LogP contribution in [0.1, 0.15) is 11.3 Å². The number of nitrogens with one attached hydrogen (secondary N) is 1. The molecule has 0 aliphatic heterocycles. The van der Waals surface area contributed by atoms with Gasteiger partial charge >= 0.3 is 0 Å². The summed E-state index contributed by atoms with van der Waals surface area (Å²) in [6.07, 6.45) is 0. The lowest BCUT2D eigenvalue weighted by Gasteiger charge is -2.11. The van der Waals surface area contributed by atoms with E-state index < -0.39 is 0 Å². The Morgan fingerprint density at radius 3 is 2.71 bits per heavy atom. The van der Waals surface area contributed by atoms with Crippen molar-refractivity contribution in [2.75, 3.05) is 0 Å². The molecule has 0 radical (unpaired) electrons. The quantitative estimate of drug-likeness (QED) is 0.431. The Morgan fingerprint density at radius 2 is 1.86 bits per heavy atom. The van der Waals surface area contributed by atoms with Crippen LogP contribution in [0, 0.1) is 11.3 Å². The van der Waals surface area contributed by atoms with Gasteiger partial charge < -0.3 is 9.47 Å². The molecule has 1 N–H and O–H groups in total. The minimum Gasteiger partial charge on any atom is -0.487 e. The van der Waals surface area contributed by atoms with Gasteiger partial charge in [0.15, 0.2) is 0 Å². The van der Waals surface area contributed by atoms with E-state index in [1.54, 1.807) is 36.4 Å². The van der Waals surface area contributed by atoms with Crippen molar-refractivity contribution in [1.82, 2.24) is 10.2 Å². The number of nitrogens with zero attached hydrogens (tertiary/aromatic N) is 2. The van der Waals surface area contributed by atoms with E-state index in [2.05, 4.69) is 10.2 Å². The zero-order chi connectivity index (χ0) is 19.5. The molecule has 0 aliphatic rings. The molecule has 0 atom stereocenters. The number of hydrogen-bond acceptors (Lipinski definition) is 4. The van der Waals surface area contributed by atoms with Gasteiger partial charge in [-0.1, -0.05) is 41.4 Å². The van der Waals surface area contributed by atoms with Crippen molar-refractivity contribution in [3.63, 3.8) is 0 Å². The molecule has 7 heteroatoms. The molecule has 28 heavy (non-hydrogen) atoms. The average molecular weight is 410 g/mol. The molecule has 0 saturated carbocycles. The highest BCUT2D eigenvalue weighted by molar-refractivity contribution is 6.32. The van der Waals surface area contributed by atoms with E-state index in [1.807, 2.05) is 30.3 Å². The van der Waals surface area contributed by atoms with Crippen molar-refractivity contribution < 1.29 is 9.47 Å². The maximum Gasteiger partial charge on any atom is 0.149 e. The van der Waals surface area contributed by atoms with Gasteiger partial charge in [-0.2, -0.15) is 10.4 Å². The Labute approximate surface area is 171 Å². The molecule has 4 aromatic rings. The summed E-state index contributed by atoms with van der Waals surface area (Å²) >= 11 is 12.3. The summed E-state index contributed by atoms with van der Waals surface area (Å²) in [5.41, 5.74) is 2.16. The summed E-state index contributed by atoms with van der Waals surface area (Å²) in [5, 5.41) is 18.2. The molecule has 0 aliphatic carbocycles. The van der Waals surface area contributed by atoms with Crippen molar-refractivity contribution in [2.45, 2.75) is 6.61 Å². The van der Waals surface area contributed by atoms with E-state index in [1.165, 1.54) is 0 Å². The number of H-pyrrole nitrogens is 1. The molecule has 1 heterocycles. The summed E-state index contributed by atoms with van der Waals surface area (Å²) in [6.45, 7) is 0.292. The Morgan fingerprint density at radius 1 is 1.00 bits per heavy atom. The first-order valence-corrected chi connectivity index (χ1v) is 9.11. The lowest BCUT2D eigenvalue weighted by atomic mass is 10.2. The number of ether oxygens (including phenoxy) is 2.